The number of nitrogens with zero attached hydrogens (tertiary/aromatic N) is 1. The highest BCUT2D eigenvalue weighted by molar-refractivity contribution is 5.49. The zero-order valence-electron chi connectivity index (χ0n) is 9.80. The second-order valence-corrected chi connectivity index (χ2v) is 4.60. The summed E-state index contributed by atoms with van der Waals surface area (Å²) in [5, 5.41) is 0. The minimum atomic E-state index is -4.26. The van der Waals surface area contributed by atoms with E-state index in [1.807, 2.05) is 11.9 Å². The Morgan fingerprint density at radius 1 is 1.18 bits per heavy atom. The molecule has 1 aliphatic carbocycles. The summed E-state index contributed by atoms with van der Waals surface area (Å²) in [7, 11) is 1.88. The Bertz CT molecular complexity index is 380. The van der Waals surface area contributed by atoms with Gasteiger partial charge in [-0.25, -0.2) is 0 Å². The molecule has 0 N–H and O–H groups in total. The molecule has 0 aromatic heterocycles. The van der Waals surface area contributed by atoms with Gasteiger partial charge in [-0.2, -0.15) is 13.2 Å². The standard InChI is InChI=1S/C13H16F3N/c1-17(11-6-2-3-7-11)12-8-4-5-10(9-12)13(14,15)16/h4-5,8-9,11H,2-3,6-7H2,1H3. The van der Waals surface area contributed by atoms with Gasteiger partial charge in [-0.1, -0.05) is 18.9 Å². The highest BCUT2D eigenvalue weighted by Gasteiger charge is 2.31. The van der Waals surface area contributed by atoms with Gasteiger partial charge in [-0.05, 0) is 31.0 Å². The molecule has 1 nitrogen and oxygen atoms in total. The lowest BCUT2D eigenvalue weighted by Gasteiger charge is -2.27. The third-order valence-electron chi connectivity index (χ3n) is 3.45. The van der Waals surface area contributed by atoms with Crippen LogP contribution in [-0.2, 0) is 6.18 Å². The van der Waals surface area contributed by atoms with E-state index in [4.69, 9.17) is 0 Å². The average Bonchev–Trinajstić information content (AvgIpc) is 2.80. The number of hydrogen-bond donors (Lipinski definition) is 0. The molecule has 17 heavy (non-hydrogen) atoms. The highest BCUT2D eigenvalue weighted by atomic mass is 19.4. The molecule has 0 saturated heterocycles. The minimum Gasteiger partial charge on any atom is -0.372 e. The topological polar surface area (TPSA) is 3.24 Å². The molecule has 1 aromatic carbocycles. The van der Waals surface area contributed by atoms with Crippen LogP contribution in [0.5, 0.6) is 0 Å². The van der Waals surface area contributed by atoms with Gasteiger partial charge in [-0.15, -0.1) is 0 Å². The van der Waals surface area contributed by atoms with E-state index in [0.717, 1.165) is 18.9 Å². The van der Waals surface area contributed by atoms with Crippen LogP contribution in [0.25, 0.3) is 0 Å². The summed E-state index contributed by atoms with van der Waals surface area (Å²) in [6.07, 6.45) is 0.244. The number of benzene rings is 1. The molecule has 94 valence electrons. The quantitative estimate of drug-likeness (QED) is 0.756. The van der Waals surface area contributed by atoms with Gasteiger partial charge in [0.1, 0.15) is 0 Å². The lowest BCUT2D eigenvalue weighted by Crippen LogP contribution is -2.28. The second-order valence-electron chi connectivity index (χ2n) is 4.60. The monoisotopic (exact) mass is 243 g/mol. The maximum absolute atomic E-state index is 12.6. The van der Waals surface area contributed by atoms with Crippen LogP contribution in [-0.4, -0.2) is 13.1 Å². The lowest BCUT2D eigenvalue weighted by atomic mass is 10.1. The lowest BCUT2D eigenvalue weighted by molar-refractivity contribution is -0.137. The summed E-state index contributed by atoms with van der Waals surface area (Å²) in [5.74, 6) is 0. The fourth-order valence-corrected chi connectivity index (χ4v) is 2.40. The SMILES string of the molecule is CN(c1cccc(C(F)(F)F)c1)C1CCCC1. The molecule has 4 heteroatoms. The van der Waals surface area contributed by atoms with Crippen LogP contribution < -0.4 is 4.90 Å². The molecule has 0 radical (unpaired) electrons. The van der Waals surface area contributed by atoms with Crippen molar-refractivity contribution in [3.63, 3.8) is 0 Å². The van der Waals surface area contributed by atoms with Gasteiger partial charge in [0.25, 0.3) is 0 Å². The van der Waals surface area contributed by atoms with Crippen LogP contribution in [0, 0.1) is 0 Å². The first kappa shape index (κ1) is 12.3. The Hall–Kier alpha value is -1.19. The van der Waals surface area contributed by atoms with E-state index in [2.05, 4.69) is 0 Å². The molecular formula is C13H16F3N. The van der Waals surface area contributed by atoms with Crippen molar-refractivity contribution in [2.75, 3.05) is 11.9 Å². The Morgan fingerprint density at radius 3 is 2.41 bits per heavy atom. The van der Waals surface area contributed by atoms with Gasteiger partial charge in [0, 0.05) is 18.8 Å². The minimum absolute atomic E-state index is 0.387. The van der Waals surface area contributed by atoms with Gasteiger partial charge in [-0.3, -0.25) is 0 Å². The van der Waals surface area contributed by atoms with Crippen molar-refractivity contribution in [2.45, 2.75) is 37.9 Å². The number of alkyl halides is 3. The Balaban J connectivity index is 2.20. The third-order valence-corrected chi connectivity index (χ3v) is 3.45. The molecule has 0 aliphatic heterocycles. The van der Waals surface area contributed by atoms with E-state index in [-0.39, 0.29) is 0 Å². The largest absolute Gasteiger partial charge is 0.416 e. The number of halogens is 3. The Morgan fingerprint density at radius 2 is 1.82 bits per heavy atom. The first-order valence-corrected chi connectivity index (χ1v) is 5.88. The molecule has 0 atom stereocenters. The molecule has 2 rings (SSSR count). The van der Waals surface area contributed by atoms with Gasteiger partial charge in [0.05, 0.1) is 5.56 Å². The first-order chi connectivity index (χ1) is 7.98. The predicted octanol–water partition coefficient (Wildman–Crippen LogP) is 4.08. The van der Waals surface area contributed by atoms with Crippen molar-refractivity contribution < 1.29 is 13.2 Å². The third kappa shape index (κ3) is 2.73. The van der Waals surface area contributed by atoms with E-state index in [1.54, 1.807) is 6.07 Å². The van der Waals surface area contributed by atoms with Crippen LogP contribution in [0.15, 0.2) is 24.3 Å². The zero-order valence-corrected chi connectivity index (χ0v) is 9.80. The van der Waals surface area contributed by atoms with Crippen molar-refractivity contribution in [1.29, 1.82) is 0 Å². The van der Waals surface area contributed by atoms with Crippen molar-refractivity contribution in [2.24, 2.45) is 0 Å². The van der Waals surface area contributed by atoms with Crippen LogP contribution in [0.3, 0.4) is 0 Å². The maximum Gasteiger partial charge on any atom is 0.416 e. The van der Waals surface area contributed by atoms with Crippen molar-refractivity contribution in [3.05, 3.63) is 29.8 Å². The van der Waals surface area contributed by atoms with Gasteiger partial charge < -0.3 is 4.90 Å². The highest BCUT2D eigenvalue weighted by Crippen LogP contribution is 2.33. The van der Waals surface area contributed by atoms with Crippen LogP contribution in [0.2, 0.25) is 0 Å². The molecule has 0 bridgehead atoms. The summed E-state index contributed by atoms with van der Waals surface area (Å²) >= 11 is 0. The number of hydrogen-bond acceptors (Lipinski definition) is 1. The van der Waals surface area contributed by atoms with E-state index in [9.17, 15) is 13.2 Å². The normalized spacial score (nSPS) is 17.4. The molecule has 1 fully saturated rings. The number of rotatable bonds is 2. The molecule has 0 heterocycles. The summed E-state index contributed by atoms with van der Waals surface area (Å²) < 4.78 is 37.8. The second kappa shape index (κ2) is 4.59. The van der Waals surface area contributed by atoms with Crippen LogP contribution in [0.1, 0.15) is 31.2 Å². The fraction of sp³-hybridized carbons (Fsp3) is 0.538. The molecule has 1 aliphatic rings. The fourth-order valence-electron chi connectivity index (χ4n) is 2.40. The van der Waals surface area contributed by atoms with E-state index in [1.165, 1.54) is 25.0 Å². The molecular weight excluding hydrogens is 227 g/mol. The van der Waals surface area contributed by atoms with Crippen molar-refractivity contribution >= 4 is 5.69 Å². The van der Waals surface area contributed by atoms with Crippen molar-refractivity contribution in [1.82, 2.24) is 0 Å². The van der Waals surface area contributed by atoms with Gasteiger partial charge >= 0.3 is 6.18 Å². The zero-order chi connectivity index (χ0) is 12.5. The summed E-state index contributed by atoms with van der Waals surface area (Å²) in [4.78, 5) is 1.97. The molecule has 0 unspecified atom stereocenters. The maximum atomic E-state index is 12.6. The summed E-state index contributed by atoms with van der Waals surface area (Å²) in [6, 6.07) is 5.96. The molecule has 1 aromatic rings. The summed E-state index contributed by atoms with van der Waals surface area (Å²) in [5.41, 5.74) is 0.0894. The van der Waals surface area contributed by atoms with Crippen LogP contribution in [0.4, 0.5) is 18.9 Å². The van der Waals surface area contributed by atoms with E-state index >= 15 is 0 Å². The molecule has 1 saturated carbocycles. The van der Waals surface area contributed by atoms with Gasteiger partial charge in [0.2, 0.25) is 0 Å². The van der Waals surface area contributed by atoms with Crippen LogP contribution >= 0.6 is 0 Å². The molecule has 0 spiro atoms. The average molecular weight is 243 g/mol. The molecule has 0 amide bonds. The van der Waals surface area contributed by atoms with Crippen molar-refractivity contribution in [3.8, 4) is 0 Å². The predicted molar refractivity (Wildman–Crippen MR) is 62.1 cm³/mol. The van der Waals surface area contributed by atoms with E-state index in [0.29, 0.717) is 11.7 Å². The number of anilines is 1. The van der Waals surface area contributed by atoms with Gasteiger partial charge in [0.15, 0.2) is 0 Å². The van der Waals surface area contributed by atoms with E-state index < -0.39 is 11.7 Å². The first-order valence-electron chi connectivity index (χ1n) is 5.88. The summed E-state index contributed by atoms with van der Waals surface area (Å²) in [6.45, 7) is 0. The Kier molecular flexibility index (Phi) is 3.31. The Labute approximate surface area is 99.2 Å². The smallest absolute Gasteiger partial charge is 0.372 e.